The second-order valence-corrected chi connectivity index (χ2v) is 11.6. The van der Waals surface area contributed by atoms with Crippen molar-refractivity contribution < 1.29 is 0 Å². The van der Waals surface area contributed by atoms with Crippen LogP contribution in [0.3, 0.4) is 0 Å². The molecule has 1 fully saturated rings. The molecule has 1 unspecified atom stereocenters. The van der Waals surface area contributed by atoms with Crippen LogP contribution in [0.2, 0.25) is 5.31 Å². The predicted molar refractivity (Wildman–Crippen MR) is 179 cm³/mol. The quantitative estimate of drug-likeness (QED) is 0.297. The van der Waals surface area contributed by atoms with Gasteiger partial charge in [-0.25, -0.2) is 4.98 Å². The van der Waals surface area contributed by atoms with E-state index in [0.717, 1.165) is 85.6 Å². The topological polar surface area (TPSA) is 58.0 Å². The Morgan fingerprint density at radius 3 is 2.54 bits per heavy atom. The van der Waals surface area contributed by atoms with E-state index in [1.807, 2.05) is 45.9 Å². The lowest BCUT2D eigenvalue weighted by Gasteiger charge is -2.34. The molecule has 1 saturated heterocycles. The highest BCUT2D eigenvalue weighted by Gasteiger charge is 2.23. The average Bonchev–Trinajstić information content (AvgIpc) is 3.26. The molecule has 224 valence electrons. The fourth-order valence-corrected chi connectivity index (χ4v) is 5.18. The van der Waals surface area contributed by atoms with Gasteiger partial charge in [0.15, 0.2) is 0 Å². The monoisotopic (exact) mass is 558 g/mol. The van der Waals surface area contributed by atoms with Crippen molar-refractivity contribution in [3.63, 3.8) is 0 Å². The van der Waals surface area contributed by atoms with Gasteiger partial charge in [0.25, 0.3) is 0 Å². The smallest absolute Gasteiger partial charge is 0.204 e. The van der Waals surface area contributed by atoms with Crippen LogP contribution in [-0.2, 0) is 6.54 Å². The van der Waals surface area contributed by atoms with Gasteiger partial charge in [-0.15, -0.1) is 0 Å². The van der Waals surface area contributed by atoms with E-state index in [-0.39, 0.29) is 5.31 Å². The van der Waals surface area contributed by atoms with Crippen molar-refractivity contribution in [2.45, 2.75) is 98.5 Å². The Morgan fingerprint density at radius 1 is 1.22 bits per heavy atom. The number of aromatic nitrogens is 3. The summed E-state index contributed by atoms with van der Waals surface area (Å²) < 4.78 is 2.23. The number of anilines is 1. The van der Waals surface area contributed by atoms with Gasteiger partial charge in [0.05, 0.1) is 30.8 Å². The molecule has 6 nitrogen and oxygen atoms in total. The number of hydrogen-bond acceptors (Lipinski definition) is 5. The van der Waals surface area contributed by atoms with Gasteiger partial charge in [-0.2, -0.15) is 0 Å². The van der Waals surface area contributed by atoms with E-state index < -0.39 is 0 Å². The first kappa shape index (κ1) is 34.4. The molecule has 7 heteroatoms. The number of likely N-dealkylation sites (tertiary alicyclic amines) is 1. The summed E-state index contributed by atoms with van der Waals surface area (Å²) in [6, 6.07) is 6.54. The first-order valence-electron chi connectivity index (χ1n) is 15.6. The zero-order valence-electron chi connectivity index (χ0n) is 27.0. The number of nitrogens with zero attached hydrogens (tertiary/aromatic N) is 4. The molecule has 2 N–H and O–H groups in total. The van der Waals surface area contributed by atoms with Crippen LogP contribution in [0.1, 0.15) is 85.0 Å². The number of imidazole rings is 1. The summed E-state index contributed by atoms with van der Waals surface area (Å²) >= 11 is 0. The van der Waals surface area contributed by atoms with Gasteiger partial charge >= 0.3 is 0 Å². The van der Waals surface area contributed by atoms with E-state index in [1.165, 1.54) is 6.42 Å². The number of hydrogen-bond donors (Lipinski definition) is 2. The summed E-state index contributed by atoms with van der Waals surface area (Å²) in [6.07, 6.45) is 11.4. The zero-order chi connectivity index (χ0) is 30.4. The van der Waals surface area contributed by atoms with Crippen molar-refractivity contribution in [3.05, 3.63) is 65.2 Å². The second-order valence-electron chi connectivity index (χ2n) is 11.6. The van der Waals surface area contributed by atoms with Crippen molar-refractivity contribution in [1.29, 1.82) is 0 Å². The van der Waals surface area contributed by atoms with Gasteiger partial charge in [-0.05, 0) is 56.1 Å². The van der Waals surface area contributed by atoms with Crippen molar-refractivity contribution in [2.75, 3.05) is 31.5 Å². The minimum atomic E-state index is -0.363. The molecule has 0 aromatic carbocycles. The molecular weight excluding hydrogens is 503 g/mol. The molecule has 2 radical (unpaired) electrons. The molecule has 0 bridgehead atoms. The van der Waals surface area contributed by atoms with E-state index >= 15 is 0 Å². The van der Waals surface area contributed by atoms with Gasteiger partial charge < -0.3 is 20.1 Å². The van der Waals surface area contributed by atoms with E-state index in [9.17, 15) is 0 Å². The zero-order valence-corrected chi connectivity index (χ0v) is 27.0. The fourth-order valence-electron chi connectivity index (χ4n) is 5.18. The van der Waals surface area contributed by atoms with E-state index in [0.29, 0.717) is 18.5 Å². The van der Waals surface area contributed by atoms with E-state index in [1.54, 1.807) is 0 Å². The Kier molecular flexibility index (Phi) is 14.5. The lowest BCUT2D eigenvalue weighted by molar-refractivity contribution is 0.220. The number of pyridine rings is 1. The number of piperidine rings is 1. The standard InChI is InChI=1S/C32H49BN6.C2H6/c1-8-12-30-29(9-2)37-31(39(30)23-28-15-10-14-25(5)35-28)36-27-16-20-38(21-17-27)22-19-34-26(6)32(7,33)18-11-13-24(3)4;1-2/h8-10,12,14-15,24,27,34H,1,6,11,13,16-23H2,2-5,7H3,(H,36,37);1-2H3/b29-9+,30-12+;. The van der Waals surface area contributed by atoms with Crippen LogP contribution in [0.5, 0.6) is 0 Å². The Labute approximate surface area is 251 Å². The molecule has 3 rings (SSSR count). The highest BCUT2D eigenvalue weighted by molar-refractivity contribution is 6.16. The summed E-state index contributed by atoms with van der Waals surface area (Å²) in [6.45, 7) is 27.5. The molecule has 1 aliphatic heterocycles. The molecule has 0 saturated carbocycles. The lowest BCUT2D eigenvalue weighted by atomic mass is 9.65. The minimum absolute atomic E-state index is 0.363. The highest BCUT2D eigenvalue weighted by Crippen LogP contribution is 2.34. The van der Waals surface area contributed by atoms with Gasteiger partial charge in [-0.1, -0.05) is 85.3 Å². The van der Waals surface area contributed by atoms with Gasteiger partial charge in [0.1, 0.15) is 0 Å². The van der Waals surface area contributed by atoms with Crippen molar-refractivity contribution >= 4 is 25.9 Å². The van der Waals surface area contributed by atoms with Crippen LogP contribution in [0.4, 0.5) is 5.95 Å². The number of allylic oxidation sites excluding steroid dienone is 2. The summed E-state index contributed by atoms with van der Waals surface area (Å²) in [5.41, 5.74) is 2.99. The van der Waals surface area contributed by atoms with Gasteiger partial charge in [0.2, 0.25) is 5.95 Å². The Hall–Kier alpha value is -2.80. The number of rotatable bonds is 14. The van der Waals surface area contributed by atoms with E-state index in [2.05, 4.69) is 72.2 Å². The highest BCUT2D eigenvalue weighted by atomic mass is 15.2. The third-order valence-electron chi connectivity index (χ3n) is 7.70. The largest absolute Gasteiger partial charge is 0.388 e. The van der Waals surface area contributed by atoms with Crippen molar-refractivity contribution in [3.8, 4) is 0 Å². The number of nitrogens with one attached hydrogen (secondary N) is 2. The van der Waals surface area contributed by atoms with E-state index in [4.69, 9.17) is 17.8 Å². The molecule has 0 amide bonds. The first-order chi connectivity index (χ1) is 19.6. The molecule has 3 heterocycles. The van der Waals surface area contributed by atoms with Crippen LogP contribution < -0.4 is 21.3 Å². The van der Waals surface area contributed by atoms with Crippen LogP contribution in [-0.4, -0.2) is 59.5 Å². The maximum atomic E-state index is 6.56. The summed E-state index contributed by atoms with van der Waals surface area (Å²) in [7, 11) is 6.56. The normalized spacial score (nSPS) is 16.7. The summed E-state index contributed by atoms with van der Waals surface area (Å²) in [5, 5.41) is 8.92. The molecule has 2 aromatic heterocycles. The van der Waals surface area contributed by atoms with Gasteiger partial charge in [0, 0.05) is 43.6 Å². The molecule has 1 aliphatic rings. The third-order valence-corrected chi connectivity index (χ3v) is 7.70. The Morgan fingerprint density at radius 2 is 1.93 bits per heavy atom. The SMILES string of the molecule is CC.[B]C(C)(CCCC(C)C)C(=C)NCCN1CCC(Nc2nc(=C/C)/c(=C\C=C)n2Cc2cccc(C)n2)CC1. The summed E-state index contributed by atoms with van der Waals surface area (Å²) in [4.78, 5) is 12.2. The van der Waals surface area contributed by atoms with Gasteiger partial charge in [-0.3, -0.25) is 4.98 Å². The molecule has 0 spiro atoms. The summed E-state index contributed by atoms with van der Waals surface area (Å²) in [5.74, 6) is 1.61. The first-order valence-corrected chi connectivity index (χ1v) is 15.6. The fraction of sp³-hybridized carbons (Fsp3) is 0.588. The molecule has 41 heavy (non-hydrogen) atoms. The second kappa shape index (κ2) is 17.2. The Balaban J connectivity index is 0.00000287. The maximum absolute atomic E-state index is 6.56. The molecule has 0 aliphatic carbocycles. The lowest BCUT2D eigenvalue weighted by Crippen LogP contribution is -2.42. The molecule has 2 aromatic rings. The average molecular weight is 559 g/mol. The van der Waals surface area contributed by atoms with Crippen LogP contribution >= 0.6 is 0 Å². The van der Waals surface area contributed by atoms with Crippen molar-refractivity contribution in [1.82, 2.24) is 24.8 Å². The maximum Gasteiger partial charge on any atom is 0.204 e. The number of aryl methyl sites for hydroxylation is 1. The molecular formula is C34H55BN6. The van der Waals surface area contributed by atoms with Crippen LogP contribution in [0.25, 0.3) is 12.2 Å². The van der Waals surface area contributed by atoms with Crippen molar-refractivity contribution in [2.24, 2.45) is 5.92 Å². The molecule has 1 atom stereocenters. The predicted octanol–water partition coefficient (Wildman–Crippen LogP) is 5.58. The Bertz CT molecular complexity index is 1200. The van der Waals surface area contributed by atoms with Crippen LogP contribution in [0, 0.1) is 12.8 Å². The third kappa shape index (κ3) is 10.8. The van der Waals surface area contributed by atoms with Crippen LogP contribution in [0.15, 0.2) is 43.1 Å². The minimum Gasteiger partial charge on any atom is -0.388 e.